The molecule has 138 valence electrons. The van der Waals surface area contributed by atoms with E-state index in [2.05, 4.69) is 22.2 Å². The molecule has 0 radical (unpaired) electrons. The van der Waals surface area contributed by atoms with Gasteiger partial charge in [-0.3, -0.25) is 9.48 Å². The van der Waals surface area contributed by atoms with E-state index in [0.29, 0.717) is 12.1 Å². The third-order valence-corrected chi connectivity index (χ3v) is 6.51. The standard InChI is InChI=1S/C18H26N4OS.CH4/c1-12-15-11-16(17(23)20-13-7-9-19-10-8-13)24-18(15)22(21-12)14-5-3-2-4-6-14;/h11,13-14,19H,2-10H2,1H3,(H,20,23);1H4. The van der Waals surface area contributed by atoms with Crippen LogP contribution in [0.4, 0.5) is 0 Å². The Morgan fingerprint density at radius 3 is 2.68 bits per heavy atom. The van der Waals surface area contributed by atoms with Gasteiger partial charge in [0.25, 0.3) is 5.91 Å². The van der Waals surface area contributed by atoms with Gasteiger partial charge in [-0.1, -0.05) is 26.7 Å². The van der Waals surface area contributed by atoms with Crippen molar-refractivity contribution in [2.45, 2.75) is 71.4 Å². The second kappa shape index (κ2) is 7.87. The van der Waals surface area contributed by atoms with E-state index < -0.39 is 0 Å². The van der Waals surface area contributed by atoms with Crippen molar-refractivity contribution in [1.82, 2.24) is 20.4 Å². The highest BCUT2D eigenvalue weighted by molar-refractivity contribution is 7.20. The molecule has 1 saturated heterocycles. The Balaban J connectivity index is 0.00000182. The SMILES string of the molecule is C.Cc1nn(C2CCCCC2)c2sc(C(=O)NC3CCNCC3)cc12. The fourth-order valence-electron chi connectivity index (χ4n) is 3.98. The van der Waals surface area contributed by atoms with Crippen molar-refractivity contribution in [3.63, 3.8) is 0 Å². The maximum atomic E-state index is 12.6. The highest BCUT2D eigenvalue weighted by Gasteiger charge is 2.23. The number of thiophene rings is 1. The zero-order valence-electron chi connectivity index (χ0n) is 14.3. The summed E-state index contributed by atoms with van der Waals surface area (Å²) in [5, 5.41) is 12.5. The largest absolute Gasteiger partial charge is 0.349 e. The zero-order chi connectivity index (χ0) is 16.5. The maximum absolute atomic E-state index is 12.6. The van der Waals surface area contributed by atoms with Crippen LogP contribution < -0.4 is 10.6 Å². The van der Waals surface area contributed by atoms with Gasteiger partial charge in [0.15, 0.2) is 0 Å². The Kier molecular flexibility index (Phi) is 5.79. The number of hydrogen-bond donors (Lipinski definition) is 2. The Hall–Kier alpha value is -1.40. The summed E-state index contributed by atoms with van der Waals surface area (Å²) < 4.78 is 2.20. The maximum Gasteiger partial charge on any atom is 0.261 e. The van der Waals surface area contributed by atoms with Crippen molar-refractivity contribution in [3.8, 4) is 0 Å². The van der Waals surface area contributed by atoms with Gasteiger partial charge in [0.1, 0.15) is 4.83 Å². The van der Waals surface area contributed by atoms with Crippen molar-refractivity contribution in [1.29, 1.82) is 0 Å². The molecule has 3 heterocycles. The minimum atomic E-state index is 0. The van der Waals surface area contributed by atoms with Crippen LogP contribution in [0.25, 0.3) is 10.2 Å². The summed E-state index contributed by atoms with van der Waals surface area (Å²) in [5.74, 6) is 0.0812. The molecule has 2 aromatic heterocycles. The van der Waals surface area contributed by atoms with E-state index in [1.54, 1.807) is 11.3 Å². The molecule has 1 amide bonds. The summed E-state index contributed by atoms with van der Waals surface area (Å²) >= 11 is 1.61. The first-order valence-electron chi connectivity index (χ1n) is 9.22. The number of nitrogens with one attached hydrogen (secondary N) is 2. The van der Waals surface area contributed by atoms with E-state index in [1.165, 1.54) is 36.9 Å². The molecule has 0 aromatic carbocycles. The van der Waals surface area contributed by atoms with E-state index in [1.807, 2.05) is 6.07 Å². The van der Waals surface area contributed by atoms with E-state index in [9.17, 15) is 4.79 Å². The quantitative estimate of drug-likeness (QED) is 0.867. The predicted octanol–water partition coefficient (Wildman–Crippen LogP) is 4.03. The molecule has 0 atom stereocenters. The summed E-state index contributed by atoms with van der Waals surface area (Å²) in [4.78, 5) is 14.6. The minimum absolute atomic E-state index is 0. The molecule has 0 spiro atoms. The number of hydrogen-bond acceptors (Lipinski definition) is 4. The molecule has 1 saturated carbocycles. The van der Waals surface area contributed by atoms with Crippen molar-refractivity contribution in [2.24, 2.45) is 0 Å². The normalized spacial score (nSPS) is 19.7. The second-order valence-electron chi connectivity index (χ2n) is 7.15. The molecule has 0 bridgehead atoms. The third kappa shape index (κ3) is 3.75. The number of amides is 1. The average molecular weight is 363 g/mol. The Morgan fingerprint density at radius 2 is 1.96 bits per heavy atom. The van der Waals surface area contributed by atoms with Gasteiger partial charge in [0, 0.05) is 11.4 Å². The van der Waals surface area contributed by atoms with Gasteiger partial charge in [-0.05, 0) is 51.8 Å². The smallest absolute Gasteiger partial charge is 0.261 e. The van der Waals surface area contributed by atoms with Crippen LogP contribution in [0.3, 0.4) is 0 Å². The number of aromatic nitrogens is 2. The van der Waals surface area contributed by atoms with Crippen LogP contribution in [0.15, 0.2) is 6.07 Å². The van der Waals surface area contributed by atoms with E-state index in [0.717, 1.165) is 41.9 Å². The summed E-state index contributed by atoms with van der Waals surface area (Å²) in [5.41, 5.74) is 1.05. The number of piperidine rings is 1. The molecule has 2 aromatic rings. The molecule has 6 heteroatoms. The lowest BCUT2D eigenvalue weighted by atomic mass is 9.96. The van der Waals surface area contributed by atoms with Crippen LogP contribution >= 0.6 is 11.3 Å². The Labute approximate surface area is 154 Å². The predicted molar refractivity (Wildman–Crippen MR) is 105 cm³/mol. The van der Waals surface area contributed by atoms with Crippen LogP contribution in [-0.4, -0.2) is 34.8 Å². The summed E-state index contributed by atoms with van der Waals surface area (Å²) in [7, 11) is 0. The molecule has 2 N–H and O–H groups in total. The van der Waals surface area contributed by atoms with Crippen molar-refractivity contribution in [3.05, 3.63) is 16.6 Å². The van der Waals surface area contributed by atoms with Crippen LogP contribution in [0.1, 0.15) is 73.8 Å². The van der Waals surface area contributed by atoms with Gasteiger partial charge < -0.3 is 10.6 Å². The van der Waals surface area contributed by atoms with Gasteiger partial charge in [0.2, 0.25) is 0 Å². The molecule has 1 aliphatic heterocycles. The molecule has 0 unspecified atom stereocenters. The monoisotopic (exact) mass is 362 g/mol. The lowest BCUT2D eigenvalue weighted by Crippen LogP contribution is -2.42. The van der Waals surface area contributed by atoms with Gasteiger partial charge in [-0.2, -0.15) is 5.10 Å². The summed E-state index contributed by atoms with van der Waals surface area (Å²) in [6.45, 7) is 4.04. The third-order valence-electron chi connectivity index (χ3n) is 5.39. The number of aryl methyl sites for hydroxylation is 1. The van der Waals surface area contributed by atoms with Crippen molar-refractivity contribution in [2.75, 3.05) is 13.1 Å². The number of carbonyl (C=O) groups is 1. The second-order valence-corrected chi connectivity index (χ2v) is 8.18. The molecular weight excluding hydrogens is 332 g/mol. The topological polar surface area (TPSA) is 59.0 Å². The van der Waals surface area contributed by atoms with E-state index >= 15 is 0 Å². The number of carbonyl (C=O) groups excluding carboxylic acids is 1. The molecule has 2 fully saturated rings. The molecule has 1 aliphatic carbocycles. The lowest BCUT2D eigenvalue weighted by Gasteiger charge is -2.23. The van der Waals surface area contributed by atoms with Gasteiger partial charge >= 0.3 is 0 Å². The van der Waals surface area contributed by atoms with E-state index in [4.69, 9.17) is 5.10 Å². The highest BCUT2D eigenvalue weighted by Crippen LogP contribution is 2.35. The first-order chi connectivity index (χ1) is 11.7. The van der Waals surface area contributed by atoms with E-state index in [-0.39, 0.29) is 13.3 Å². The van der Waals surface area contributed by atoms with Crippen LogP contribution in [0.2, 0.25) is 0 Å². The fourth-order valence-corrected chi connectivity index (χ4v) is 5.12. The van der Waals surface area contributed by atoms with Gasteiger partial charge in [-0.15, -0.1) is 11.3 Å². The number of rotatable bonds is 3. The minimum Gasteiger partial charge on any atom is -0.349 e. The van der Waals surface area contributed by atoms with Crippen molar-refractivity contribution < 1.29 is 4.79 Å². The van der Waals surface area contributed by atoms with Crippen LogP contribution in [0.5, 0.6) is 0 Å². The molecular formula is C19H30N4OS. The zero-order valence-corrected chi connectivity index (χ0v) is 15.1. The molecule has 25 heavy (non-hydrogen) atoms. The first-order valence-corrected chi connectivity index (χ1v) is 10.0. The molecule has 4 rings (SSSR count). The summed E-state index contributed by atoms with van der Waals surface area (Å²) in [6, 6.07) is 2.85. The average Bonchev–Trinajstić information content (AvgIpc) is 3.18. The highest BCUT2D eigenvalue weighted by atomic mass is 32.1. The van der Waals surface area contributed by atoms with Crippen LogP contribution in [0, 0.1) is 6.92 Å². The van der Waals surface area contributed by atoms with Crippen LogP contribution in [-0.2, 0) is 0 Å². The summed E-state index contributed by atoms with van der Waals surface area (Å²) in [6.07, 6.45) is 8.39. The van der Waals surface area contributed by atoms with Crippen molar-refractivity contribution >= 4 is 27.5 Å². The Bertz CT molecular complexity index is 723. The molecule has 2 aliphatic rings. The van der Waals surface area contributed by atoms with Gasteiger partial charge in [0.05, 0.1) is 16.6 Å². The lowest BCUT2D eigenvalue weighted by molar-refractivity contribution is 0.0934. The first kappa shape index (κ1) is 18.4. The molecule has 5 nitrogen and oxygen atoms in total. The fraction of sp³-hybridized carbons (Fsp3) is 0.684. The Morgan fingerprint density at radius 1 is 1.24 bits per heavy atom. The van der Waals surface area contributed by atoms with Gasteiger partial charge in [-0.25, -0.2) is 0 Å². The number of nitrogens with zero attached hydrogens (tertiary/aromatic N) is 2. The number of fused-ring (bicyclic) bond motifs is 1.